The number of likely N-dealkylation sites (tertiary alicyclic amines) is 1. The van der Waals surface area contributed by atoms with Crippen LogP contribution in [-0.4, -0.2) is 67.9 Å². The molecule has 0 aromatic rings. The van der Waals surface area contributed by atoms with Crippen LogP contribution in [0.15, 0.2) is 0 Å². The van der Waals surface area contributed by atoms with Crippen LogP contribution in [0.25, 0.3) is 0 Å². The van der Waals surface area contributed by atoms with Crippen LogP contribution in [0.2, 0.25) is 0 Å². The van der Waals surface area contributed by atoms with E-state index in [1.165, 1.54) is 0 Å². The molecule has 1 amide bonds. The number of carbonyl (C=O) groups is 1. The number of amides is 1. The molecule has 0 spiro atoms. The minimum absolute atomic E-state index is 0.0414. The van der Waals surface area contributed by atoms with Crippen LogP contribution in [0.3, 0.4) is 0 Å². The second-order valence-electron chi connectivity index (χ2n) is 5.02. The van der Waals surface area contributed by atoms with E-state index in [0.717, 1.165) is 25.9 Å². The second kappa shape index (κ2) is 4.94. The van der Waals surface area contributed by atoms with Gasteiger partial charge in [0, 0.05) is 25.7 Å². The lowest BCUT2D eigenvalue weighted by Crippen LogP contribution is -2.50. The summed E-state index contributed by atoms with van der Waals surface area (Å²) in [5, 5.41) is 0. The molecular formula is C11H20N2O3S. The van der Waals surface area contributed by atoms with Crippen LogP contribution in [0.5, 0.6) is 0 Å². The van der Waals surface area contributed by atoms with E-state index < -0.39 is 9.84 Å². The summed E-state index contributed by atoms with van der Waals surface area (Å²) in [6.07, 6.45) is 2.19. The minimum atomic E-state index is -2.89. The van der Waals surface area contributed by atoms with Gasteiger partial charge in [-0.2, -0.15) is 0 Å². The maximum Gasteiger partial charge on any atom is 0.236 e. The smallest absolute Gasteiger partial charge is 0.236 e. The number of nitrogens with zero attached hydrogens (tertiary/aromatic N) is 2. The molecule has 2 heterocycles. The Kier molecular flexibility index (Phi) is 3.73. The molecule has 2 aliphatic heterocycles. The van der Waals surface area contributed by atoms with Gasteiger partial charge in [0.25, 0.3) is 0 Å². The molecule has 0 aromatic heterocycles. The van der Waals surface area contributed by atoms with E-state index in [1.807, 2.05) is 16.7 Å². The summed E-state index contributed by atoms with van der Waals surface area (Å²) in [4.78, 5) is 15.8. The maximum atomic E-state index is 12.0. The van der Waals surface area contributed by atoms with Gasteiger partial charge in [0.1, 0.15) is 0 Å². The Labute approximate surface area is 103 Å². The molecule has 2 saturated heterocycles. The van der Waals surface area contributed by atoms with Gasteiger partial charge >= 0.3 is 0 Å². The Morgan fingerprint density at radius 2 is 1.88 bits per heavy atom. The van der Waals surface area contributed by atoms with E-state index in [9.17, 15) is 13.2 Å². The third kappa shape index (κ3) is 3.19. The molecule has 5 nitrogen and oxygen atoms in total. The molecule has 6 heteroatoms. The molecule has 0 saturated carbocycles. The van der Waals surface area contributed by atoms with Crippen molar-refractivity contribution in [2.45, 2.75) is 25.8 Å². The molecule has 17 heavy (non-hydrogen) atoms. The van der Waals surface area contributed by atoms with Gasteiger partial charge in [0.05, 0.1) is 18.1 Å². The molecule has 1 atom stereocenters. The van der Waals surface area contributed by atoms with E-state index in [4.69, 9.17) is 0 Å². The SMILES string of the molecule is C[C@H]1CS(=O)(=O)CCN1CC(=O)N1CCCC1. The summed E-state index contributed by atoms with van der Waals surface area (Å²) in [7, 11) is -2.89. The fourth-order valence-electron chi connectivity index (χ4n) is 2.51. The predicted molar refractivity (Wildman–Crippen MR) is 65.5 cm³/mol. The molecule has 0 aliphatic carbocycles. The zero-order chi connectivity index (χ0) is 12.5. The van der Waals surface area contributed by atoms with Crippen LogP contribution >= 0.6 is 0 Å². The zero-order valence-corrected chi connectivity index (χ0v) is 11.1. The van der Waals surface area contributed by atoms with E-state index in [1.54, 1.807) is 0 Å². The van der Waals surface area contributed by atoms with Crippen molar-refractivity contribution in [1.29, 1.82) is 0 Å². The van der Waals surface area contributed by atoms with E-state index in [0.29, 0.717) is 13.1 Å². The van der Waals surface area contributed by atoms with Gasteiger partial charge in [-0.1, -0.05) is 0 Å². The number of sulfone groups is 1. The predicted octanol–water partition coefficient (Wildman–Crippen LogP) is -0.272. The monoisotopic (exact) mass is 260 g/mol. The van der Waals surface area contributed by atoms with E-state index in [-0.39, 0.29) is 23.5 Å². The van der Waals surface area contributed by atoms with Crippen molar-refractivity contribution < 1.29 is 13.2 Å². The summed E-state index contributed by atoms with van der Waals surface area (Å²) in [5.74, 6) is 0.513. The van der Waals surface area contributed by atoms with E-state index in [2.05, 4.69) is 0 Å². The standard InChI is InChI=1S/C11H20N2O3S/c1-10-9-17(15,16)7-6-13(10)8-11(14)12-4-2-3-5-12/h10H,2-9H2,1H3/t10-/m0/s1. The average Bonchev–Trinajstić information content (AvgIpc) is 2.74. The van der Waals surface area contributed by atoms with Crippen molar-refractivity contribution in [3.63, 3.8) is 0 Å². The van der Waals surface area contributed by atoms with Crippen LogP contribution < -0.4 is 0 Å². The Morgan fingerprint density at radius 1 is 1.24 bits per heavy atom. The first-order chi connectivity index (χ1) is 7.98. The van der Waals surface area contributed by atoms with Crippen LogP contribution in [0.1, 0.15) is 19.8 Å². The Balaban J connectivity index is 1.89. The van der Waals surface area contributed by atoms with Gasteiger partial charge in [-0.15, -0.1) is 0 Å². The fourth-order valence-corrected chi connectivity index (χ4v) is 4.13. The zero-order valence-electron chi connectivity index (χ0n) is 10.3. The topological polar surface area (TPSA) is 57.7 Å². The number of carbonyl (C=O) groups excluding carboxylic acids is 1. The summed E-state index contributed by atoms with van der Waals surface area (Å²) < 4.78 is 22.9. The lowest BCUT2D eigenvalue weighted by Gasteiger charge is -2.33. The lowest BCUT2D eigenvalue weighted by atomic mass is 10.3. The fraction of sp³-hybridized carbons (Fsp3) is 0.909. The van der Waals surface area contributed by atoms with Gasteiger partial charge in [-0.05, 0) is 19.8 Å². The molecule has 0 radical (unpaired) electrons. The van der Waals surface area contributed by atoms with Gasteiger partial charge in [0.15, 0.2) is 9.84 Å². The highest BCUT2D eigenvalue weighted by Gasteiger charge is 2.30. The molecular weight excluding hydrogens is 240 g/mol. The molecule has 0 N–H and O–H groups in total. The summed E-state index contributed by atoms with van der Waals surface area (Å²) in [5.41, 5.74) is 0. The molecule has 2 aliphatic rings. The molecule has 2 fully saturated rings. The van der Waals surface area contributed by atoms with Gasteiger partial charge in [0.2, 0.25) is 5.91 Å². The van der Waals surface area contributed by atoms with Gasteiger partial charge < -0.3 is 4.90 Å². The van der Waals surface area contributed by atoms with E-state index >= 15 is 0 Å². The summed E-state index contributed by atoms with van der Waals surface area (Å²) in [6, 6.07) is -0.0414. The second-order valence-corrected chi connectivity index (χ2v) is 7.25. The molecule has 2 rings (SSSR count). The highest BCUT2D eigenvalue weighted by Crippen LogP contribution is 2.13. The van der Waals surface area contributed by atoms with Crippen molar-refractivity contribution in [3.8, 4) is 0 Å². The molecule has 98 valence electrons. The average molecular weight is 260 g/mol. The summed E-state index contributed by atoms with van der Waals surface area (Å²) >= 11 is 0. The highest BCUT2D eigenvalue weighted by atomic mass is 32.2. The van der Waals surface area contributed by atoms with Crippen LogP contribution in [0.4, 0.5) is 0 Å². The highest BCUT2D eigenvalue weighted by molar-refractivity contribution is 7.91. The quantitative estimate of drug-likeness (QED) is 0.686. The lowest BCUT2D eigenvalue weighted by molar-refractivity contribution is -0.131. The largest absolute Gasteiger partial charge is 0.342 e. The molecule has 0 aromatic carbocycles. The van der Waals surface area contributed by atoms with Crippen molar-refractivity contribution in [2.75, 3.05) is 37.7 Å². The summed E-state index contributed by atoms with van der Waals surface area (Å²) in [6.45, 7) is 4.46. The minimum Gasteiger partial charge on any atom is -0.342 e. The van der Waals surface area contributed by atoms with Gasteiger partial charge in [-0.3, -0.25) is 9.69 Å². The first-order valence-corrected chi connectivity index (χ1v) is 8.02. The third-order valence-electron chi connectivity index (χ3n) is 3.61. The number of hydrogen-bond donors (Lipinski definition) is 0. The Morgan fingerprint density at radius 3 is 2.47 bits per heavy atom. The first-order valence-electron chi connectivity index (χ1n) is 6.20. The van der Waals surface area contributed by atoms with Crippen molar-refractivity contribution in [2.24, 2.45) is 0 Å². The van der Waals surface area contributed by atoms with Crippen molar-refractivity contribution in [3.05, 3.63) is 0 Å². The molecule has 0 bridgehead atoms. The van der Waals surface area contributed by atoms with Crippen molar-refractivity contribution >= 4 is 15.7 Å². The Hall–Kier alpha value is -0.620. The maximum absolute atomic E-state index is 12.0. The van der Waals surface area contributed by atoms with Crippen LogP contribution in [0, 0.1) is 0 Å². The van der Waals surface area contributed by atoms with Gasteiger partial charge in [-0.25, -0.2) is 8.42 Å². The third-order valence-corrected chi connectivity index (χ3v) is 5.40. The number of rotatable bonds is 2. The van der Waals surface area contributed by atoms with Crippen molar-refractivity contribution in [1.82, 2.24) is 9.80 Å². The molecule has 0 unspecified atom stereocenters. The normalized spacial score (nSPS) is 29.5. The Bertz CT molecular complexity index is 388. The van der Waals surface area contributed by atoms with Crippen LogP contribution in [-0.2, 0) is 14.6 Å². The number of hydrogen-bond acceptors (Lipinski definition) is 4. The first kappa shape index (κ1) is 12.8.